The standard InChI is InChI=1S/C38H44F3N3O2/c1-2-3-15-29-33-30(26-17-8-9-18-27(26)34(33)37(46)43-23-38(39,40)41)22-31(35(29)44-21-12-11-20-32(44)42)36(45)28-19-10-7-16-25(28)24-13-5-4-6-14-24/h4-6,8-9,13-14,17-18,22,25,28,32,34H,2-3,7,10-12,15-16,19-21,23,42H2,1H3,(H,43,46). The van der Waals surface area contributed by atoms with Gasteiger partial charge in [0.05, 0.1) is 17.8 Å². The zero-order valence-electron chi connectivity index (χ0n) is 26.5. The molecule has 1 amide bonds. The minimum absolute atomic E-state index is 0.101. The third kappa shape index (κ3) is 6.33. The van der Waals surface area contributed by atoms with Crippen LogP contribution in [0.1, 0.15) is 109 Å². The molecule has 4 atom stereocenters. The topological polar surface area (TPSA) is 75.4 Å². The van der Waals surface area contributed by atoms with Crippen molar-refractivity contribution in [2.24, 2.45) is 11.7 Å². The van der Waals surface area contributed by atoms with E-state index < -0.39 is 24.5 Å². The Morgan fingerprint density at radius 3 is 2.39 bits per heavy atom. The molecular formula is C38H44F3N3O2. The molecular weight excluding hydrogens is 587 g/mol. The van der Waals surface area contributed by atoms with Crippen LogP contribution in [0.2, 0.25) is 0 Å². The summed E-state index contributed by atoms with van der Waals surface area (Å²) in [7, 11) is 0. The van der Waals surface area contributed by atoms with Gasteiger partial charge in [-0.2, -0.15) is 13.2 Å². The number of hydrogen-bond donors (Lipinski definition) is 2. The van der Waals surface area contributed by atoms with Gasteiger partial charge in [-0.05, 0) is 90.3 Å². The average Bonchev–Trinajstić information content (AvgIpc) is 3.40. The Morgan fingerprint density at radius 1 is 0.935 bits per heavy atom. The van der Waals surface area contributed by atoms with Gasteiger partial charge >= 0.3 is 6.18 Å². The Kier molecular flexibility index (Phi) is 9.55. The summed E-state index contributed by atoms with van der Waals surface area (Å²) in [6.45, 7) is 1.38. The highest BCUT2D eigenvalue weighted by Crippen LogP contribution is 2.52. The van der Waals surface area contributed by atoms with Gasteiger partial charge in [-0.3, -0.25) is 9.59 Å². The minimum Gasteiger partial charge on any atom is -0.355 e. The van der Waals surface area contributed by atoms with E-state index in [4.69, 9.17) is 5.73 Å². The molecule has 244 valence electrons. The van der Waals surface area contributed by atoms with Crippen LogP contribution in [-0.2, 0) is 11.2 Å². The lowest BCUT2D eigenvalue weighted by Gasteiger charge is -2.39. The van der Waals surface area contributed by atoms with E-state index in [2.05, 4.69) is 29.3 Å². The molecule has 3 aliphatic rings. The van der Waals surface area contributed by atoms with Crippen molar-refractivity contribution in [2.45, 2.75) is 95.3 Å². The molecule has 0 spiro atoms. The summed E-state index contributed by atoms with van der Waals surface area (Å²) in [6, 6.07) is 19.7. The van der Waals surface area contributed by atoms with Crippen molar-refractivity contribution < 1.29 is 22.8 Å². The Hall–Kier alpha value is -3.65. The van der Waals surface area contributed by atoms with Gasteiger partial charge in [0.2, 0.25) is 5.91 Å². The van der Waals surface area contributed by atoms with E-state index in [-0.39, 0.29) is 23.8 Å². The van der Waals surface area contributed by atoms with Gasteiger partial charge < -0.3 is 16.0 Å². The van der Waals surface area contributed by atoms with Crippen LogP contribution in [0.15, 0.2) is 60.7 Å². The largest absolute Gasteiger partial charge is 0.405 e. The summed E-state index contributed by atoms with van der Waals surface area (Å²) in [5, 5.41) is 2.18. The van der Waals surface area contributed by atoms with Gasteiger partial charge in [-0.1, -0.05) is 80.8 Å². The molecule has 4 unspecified atom stereocenters. The normalized spacial score (nSPS) is 22.7. The lowest BCUT2D eigenvalue weighted by Crippen LogP contribution is -2.47. The Labute approximate surface area is 269 Å². The van der Waals surface area contributed by atoms with Crippen LogP contribution in [0.5, 0.6) is 0 Å². The average molecular weight is 632 g/mol. The number of fused-ring (bicyclic) bond motifs is 3. The molecule has 1 saturated carbocycles. The monoisotopic (exact) mass is 631 g/mol. The molecule has 1 aliphatic heterocycles. The van der Waals surface area contributed by atoms with Gasteiger partial charge in [0.15, 0.2) is 5.78 Å². The van der Waals surface area contributed by atoms with Crippen molar-refractivity contribution in [2.75, 3.05) is 18.0 Å². The molecule has 8 heteroatoms. The fourth-order valence-electron chi connectivity index (χ4n) is 8.11. The van der Waals surface area contributed by atoms with Gasteiger partial charge in [0.25, 0.3) is 0 Å². The molecule has 1 heterocycles. The van der Waals surface area contributed by atoms with Crippen molar-refractivity contribution in [3.63, 3.8) is 0 Å². The van der Waals surface area contributed by atoms with E-state index in [1.807, 2.05) is 48.5 Å². The van der Waals surface area contributed by atoms with Crippen molar-refractivity contribution in [1.82, 2.24) is 5.32 Å². The number of amides is 1. The number of carbonyl (C=O) groups excluding carboxylic acids is 2. The first-order valence-corrected chi connectivity index (χ1v) is 16.9. The Bertz CT molecular complexity index is 1570. The molecule has 6 rings (SSSR count). The first kappa shape index (κ1) is 32.3. The second-order valence-corrected chi connectivity index (χ2v) is 13.2. The molecule has 0 aromatic heterocycles. The quantitative estimate of drug-likeness (QED) is 0.233. The number of piperidine rings is 1. The first-order valence-electron chi connectivity index (χ1n) is 16.9. The first-order chi connectivity index (χ1) is 22.2. The molecule has 3 aromatic carbocycles. The number of nitrogens with two attached hydrogens (primary N) is 1. The van der Waals surface area contributed by atoms with Crippen molar-refractivity contribution in [3.05, 3.63) is 88.5 Å². The molecule has 0 bridgehead atoms. The molecule has 46 heavy (non-hydrogen) atoms. The van der Waals surface area contributed by atoms with E-state index in [1.54, 1.807) is 0 Å². The predicted molar refractivity (Wildman–Crippen MR) is 176 cm³/mol. The van der Waals surface area contributed by atoms with Crippen LogP contribution in [0, 0.1) is 5.92 Å². The van der Waals surface area contributed by atoms with Crippen LogP contribution < -0.4 is 16.0 Å². The number of unbranched alkanes of at least 4 members (excludes halogenated alkanes) is 1. The van der Waals surface area contributed by atoms with Crippen molar-refractivity contribution >= 4 is 17.4 Å². The van der Waals surface area contributed by atoms with E-state index in [1.165, 1.54) is 5.56 Å². The van der Waals surface area contributed by atoms with E-state index in [9.17, 15) is 18.0 Å². The summed E-state index contributed by atoms with van der Waals surface area (Å²) >= 11 is 0. The minimum atomic E-state index is -4.53. The molecule has 3 N–H and O–H groups in total. The van der Waals surface area contributed by atoms with Crippen LogP contribution in [-0.4, -0.2) is 37.1 Å². The number of Topliss-reactive ketones (excluding diaryl/α,β-unsaturated/α-hetero) is 1. The van der Waals surface area contributed by atoms with Crippen LogP contribution in [0.3, 0.4) is 0 Å². The number of anilines is 1. The number of halogens is 3. The number of rotatable bonds is 9. The number of alkyl halides is 3. The van der Waals surface area contributed by atoms with E-state index in [0.717, 1.165) is 85.7 Å². The summed E-state index contributed by atoms with van der Waals surface area (Å²) in [5.74, 6) is -1.58. The highest BCUT2D eigenvalue weighted by molar-refractivity contribution is 6.08. The van der Waals surface area contributed by atoms with E-state index in [0.29, 0.717) is 24.1 Å². The zero-order chi connectivity index (χ0) is 32.4. The third-order valence-electron chi connectivity index (χ3n) is 10.2. The third-order valence-corrected chi connectivity index (χ3v) is 10.2. The van der Waals surface area contributed by atoms with Crippen LogP contribution in [0.25, 0.3) is 11.1 Å². The second-order valence-electron chi connectivity index (χ2n) is 13.2. The summed E-state index contributed by atoms with van der Waals surface area (Å²) in [5.41, 5.74) is 13.3. The highest BCUT2D eigenvalue weighted by atomic mass is 19.4. The Morgan fingerprint density at radius 2 is 1.65 bits per heavy atom. The summed E-state index contributed by atoms with van der Waals surface area (Å²) in [4.78, 5) is 31.0. The number of benzene rings is 3. The van der Waals surface area contributed by atoms with E-state index >= 15 is 4.79 Å². The fourth-order valence-corrected chi connectivity index (χ4v) is 8.11. The summed E-state index contributed by atoms with van der Waals surface area (Å²) in [6.07, 6.45) is 3.96. The molecule has 5 nitrogen and oxygen atoms in total. The molecule has 0 radical (unpaired) electrons. The van der Waals surface area contributed by atoms with Gasteiger partial charge in [-0.25, -0.2) is 0 Å². The number of hydrogen-bond acceptors (Lipinski definition) is 4. The molecule has 2 fully saturated rings. The predicted octanol–water partition coefficient (Wildman–Crippen LogP) is 8.25. The van der Waals surface area contributed by atoms with Crippen LogP contribution in [0.4, 0.5) is 18.9 Å². The number of ketones is 1. The van der Waals surface area contributed by atoms with Gasteiger partial charge in [0.1, 0.15) is 6.54 Å². The molecule has 1 saturated heterocycles. The maximum absolute atomic E-state index is 15.0. The smallest absolute Gasteiger partial charge is 0.355 e. The van der Waals surface area contributed by atoms with Gasteiger partial charge in [0, 0.05) is 18.0 Å². The van der Waals surface area contributed by atoms with Crippen molar-refractivity contribution in [3.8, 4) is 11.1 Å². The maximum atomic E-state index is 15.0. The summed E-state index contributed by atoms with van der Waals surface area (Å²) < 4.78 is 39.9. The lowest BCUT2D eigenvalue weighted by atomic mass is 9.71. The number of carbonyl (C=O) groups is 2. The fraction of sp³-hybridized carbons (Fsp3) is 0.474. The number of nitrogens with zero attached hydrogens (tertiary/aromatic N) is 1. The van der Waals surface area contributed by atoms with Crippen molar-refractivity contribution in [1.29, 1.82) is 0 Å². The lowest BCUT2D eigenvalue weighted by molar-refractivity contribution is -0.138. The number of nitrogens with one attached hydrogen (secondary N) is 1. The highest BCUT2D eigenvalue weighted by Gasteiger charge is 2.42. The van der Waals surface area contributed by atoms with Gasteiger partial charge in [-0.15, -0.1) is 0 Å². The molecule has 3 aromatic rings. The Balaban J connectivity index is 1.56. The SMILES string of the molecule is CCCCc1c2c(cc(C(=O)C3CCCCC3c3ccccc3)c1N1CCCCC1N)-c1ccccc1C2C(=O)NCC(F)(F)F. The second kappa shape index (κ2) is 13.6. The maximum Gasteiger partial charge on any atom is 0.405 e. The molecule has 2 aliphatic carbocycles. The van der Waals surface area contributed by atoms with Crippen LogP contribution >= 0.6 is 0 Å². The zero-order valence-corrected chi connectivity index (χ0v) is 26.5.